The van der Waals surface area contributed by atoms with Crippen molar-refractivity contribution in [3.05, 3.63) is 33.9 Å². The van der Waals surface area contributed by atoms with Crippen LogP contribution in [0, 0.1) is 21.4 Å². The molecule has 0 atom stereocenters. The number of carbonyl (C=O) groups is 1. The molecule has 1 aliphatic carbocycles. The molecule has 0 unspecified atom stereocenters. The van der Waals surface area contributed by atoms with E-state index in [-0.39, 0.29) is 17.5 Å². The molecule has 0 aromatic heterocycles. The van der Waals surface area contributed by atoms with Gasteiger partial charge in [0.1, 0.15) is 5.69 Å². The minimum absolute atomic E-state index is 0.0671. The van der Waals surface area contributed by atoms with Crippen LogP contribution in [-0.4, -0.2) is 23.3 Å². The minimum atomic E-state index is -0.469. The maximum Gasteiger partial charge on any atom is 0.293 e. The summed E-state index contributed by atoms with van der Waals surface area (Å²) in [5.41, 5.74) is 0.761. The Bertz CT molecular complexity index is 588. The lowest BCUT2D eigenvalue weighted by Crippen LogP contribution is -2.27. The first kappa shape index (κ1) is 14.0. The lowest BCUT2D eigenvalue weighted by molar-refractivity contribution is -0.384. The Morgan fingerprint density at radius 3 is 2.75 bits per heavy atom. The minimum Gasteiger partial charge on any atom is -0.362 e. The van der Waals surface area contributed by atoms with Crippen molar-refractivity contribution >= 4 is 17.2 Å². The third-order valence-corrected chi connectivity index (χ3v) is 3.34. The molecule has 1 aliphatic rings. The van der Waals surface area contributed by atoms with Crippen LogP contribution < -0.4 is 4.90 Å². The largest absolute Gasteiger partial charge is 0.362 e. The van der Waals surface area contributed by atoms with E-state index >= 15 is 0 Å². The van der Waals surface area contributed by atoms with E-state index in [0.717, 1.165) is 12.8 Å². The van der Waals surface area contributed by atoms with Crippen molar-refractivity contribution in [2.24, 2.45) is 0 Å². The normalized spacial score (nSPS) is 13.6. The van der Waals surface area contributed by atoms with Gasteiger partial charge in [0.05, 0.1) is 17.4 Å². The molecule has 104 valence electrons. The molecule has 0 N–H and O–H groups in total. The van der Waals surface area contributed by atoms with Crippen LogP contribution in [0.2, 0.25) is 0 Å². The van der Waals surface area contributed by atoms with Gasteiger partial charge in [-0.25, -0.2) is 0 Å². The molecule has 1 aromatic rings. The second-order valence-corrected chi connectivity index (χ2v) is 4.85. The summed E-state index contributed by atoms with van der Waals surface area (Å²) in [6, 6.07) is 6.87. The van der Waals surface area contributed by atoms with E-state index in [4.69, 9.17) is 5.26 Å². The Hall–Kier alpha value is -2.42. The summed E-state index contributed by atoms with van der Waals surface area (Å²) >= 11 is 0. The van der Waals surface area contributed by atoms with Crippen molar-refractivity contribution in [2.45, 2.75) is 32.2 Å². The molecule has 0 bridgehead atoms. The maximum atomic E-state index is 11.3. The quantitative estimate of drug-likeness (QED) is 0.451. The molecule has 20 heavy (non-hydrogen) atoms. The van der Waals surface area contributed by atoms with E-state index in [2.05, 4.69) is 6.07 Å². The van der Waals surface area contributed by atoms with Gasteiger partial charge in [0, 0.05) is 24.2 Å². The highest BCUT2D eigenvalue weighted by Gasteiger charge is 2.32. The first-order valence-corrected chi connectivity index (χ1v) is 6.47. The number of ketones is 1. The van der Waals surface area contributed by atoms with E-state index in [0.29, 0.717) is 24.2 Å². The number of nitro groups is 1. The number of benzene rings is 1. The first-order chi connectivity index (χ1) is 9.54. The van der Waals surface area contributed by atoms with Gasteiger partial charge < -0.3 is 4.90 Å². The summed E-state index contributed by atoms with van der Waals surface area (Å²) in [5, 5.41) is 19.9. The summed E-state index contributed by atoms with van der Waals surface area (Å²) in [4.78, 5) is 24.0. The number of hydrogen-bond donors (Lipinski definition) is 0. The van der Waals surface area contributed by atoms with E-state index in [1.54, 1.807) is 12.1 Å². The van der Waals surface area contributed by atoms with Crippen molar-refractivity contribution in [1.82, 2.24) is 0 Å². The van der Waals surface area contributed by atoms with Crippen LogP contribution in [0.15, 0.2) is 18.2 Å². The Morgan fingerprint density at radius 1 is 1.55 bits per heavy atom. The molecular formula is C14H15N3O3. The van der Waals surface area contributed by atoms with Gasteiger partial charge in [-0.05, 0) is 31.9 Å². The van der Waals surface area contributed by atoms with Crippen LogP contribution in [0.4, 0.5) is 11.4 Å². The molecule has 0 radical (unpaired) electrons. The predicted molar refractivity (Wildman–Crippen MR) is 73.7 cm³/mol. The van der Waals surface area contributed by atoms with Crippen molar-refractivity contribution in [3.63, 3.8) is 0 Å². The highest BCUT2D eigenvalue weighted by atomic mass is 16.6. The summed E-state index contributed by atoms with van der Waals surface area (Å²) in [7, 11) is 0. The number of nitrogens with zero attached hydrogens (tertiary/aromatic N) is 3. The molecule has 1 fully saturated rings. The summed E-state index contributed by atoms with van der Waals surface area (Å²) in [6.45, 7) is 1.86. The monoisotopic (exact) mass is 273 g/mol. The number of nitro benzene ring substituents is 1. The standard InChI is InChI=1S/C14H15N3O3/c1-10(18)11-3-6-13(14(9-11)17(19)20)16(8-2-7-15)12-4-5-12/h3,6,9,12H,2,4-5,8H2,1H3. The third-order valence-electron chi connectivity index (χ3n) is 3.34. The number of nitriles is 1. The van der Waals surface area contributed by atoms with Crippen LogP contribution in [0.5, 0.6) is 0 Å². The molecular weight excluding hydrogens is 258 g/mol. The number of carbonyl (C=O) groups excluding carboxylic acids is 1. The maximum absolute atomic E-state index is 11.3. The van der Waals surface area contributed by atoms with E-state index in [9.17, 15) is 14.9 Å². The number of rotatable bonds is 6. The SMILES string of the molecule is CC(=O)c1ccc(N(CCC#N)C2CC2)c([N+](=O)[O-])c1. The topological polar surface area (TPSA) is 87.2 Å². The summed E-state index contributed by atoms with van der Waals surface area (Å²) < 4.78 is 0. The molecule has 0 aliphatic heterocycles. The second kappa shape index (κ2) is 5.70. The molecule has 1 saturated carbocycles. The van der Waals surface area contributed by atoms with Gasteiger partial charge in [-0.15, -0.1) is 0 Å². The molecule has 6 nitrogen and oxygen atoms in total. The fraction of sp³-hybridized carbons (Fsp3) is 0.429. The van der Waals surface area contributed by atoms with Crippen LogP contribution >= 0.6 is 0 Å². The fourth-order valence-electron chi connectivity index (χ4n) is 2.19. The zero-order valence-electron chi connectivity index (χ0n) is 11.2. The number of Topliss-reactive ketones (excluding diaryl/α,β-unsaturated/α-hetero) is 1. The Kier molecular flexibility index (Phi) is 3.99. The Balaban J connectivity index is 2.40. The summed E-state index contributed by atoms with van der Waals surface area (Å²) in [6.07, 6.45) is 2.29. The van der Waals surface area contributed by atoms with Crippen molar-refractivity contribution < 1.29 is 9.72 Å². The van der Waals surface area contributed by atoms with Gasteiger partial charge in [-0.1, -0.05) is 0 Å². The molecule has 0 saturated heterocycles. The summed E-state index contributed by atoms with van der Waals surface area (Å²) in [5.74, 6) is -0.199. The Morgan fingerprint density at radius 2 is 2.25 bits per heavy atom. The average molecular weight is 273 g/mol. The predicted octanol–water partition coefficient (Wildman–Crippen LogP) is 2.68. The molecule has 6 heteroatoms. The van der Waals surface area contributed by atoms with Crippen LogP contribution in [0.25, 0.3) is 0 Å². The van der Waals surface area contributed by atoms with E-state index in [1.165, 1.54) is 13.0 Å². The third kappa shape index (κ3) is 2.94. The van der Waals surface area contributed by atoms with Crippen LogP contribution in [0.1, 0.15) is 36.5 Å². The highest BCUT2D eigenvalue weighted by Crippen LogP contribution is 2.37. The van der Waals surface area contributed by atoms with Gasteiger partial charge >= 0.3 is 0 Å². The van der Waals surface area contributed by atoms with Crippen molar-refractivity contribution in [3.8, 4) is 6.07 Å². The average Bonchev–Trinajstić information content (AvgIpc) is 3.23. The number of anilines is 1. The Labute approximate surface area is 116 Å². The molecule has 0 spiro atoms. The van der Waals surface area contributed by atoms with Gasteiger partial charge in [0.25, 0.3) is 5.69 Å². The van der Waals surface area contributed by atoms with E-state index < -0.39 is 4.92 Å². The smallest absolute Gasteiger partial charge is 0.293 e. The molecule has 0 heterocycles. The highest BCUT2D eigenvalue weighted by molar-refractivity contribution is 5.95. The van der Waals surface area contributed by atoms with Crippen molar-refractivity contribution in [2.75, 3.05) is 11.4 Å². The van der Waals surface area contributed by atoms with Crippen LogP contribution in [-0.2, 0) is 0 Å². The van der Waals surface area contributed by atoms with Gasteiger partial charge in [0.15, 0.2) is 5.78 Å². The molecule has 1 aromatic carbocycles. The lowest BCUT2D eigenvalue weighted by atomic mass is 10.1. The van der Waals surface area contributed by atoms with Gasteiger partial charge in [0.2, 0.25) is 0 Å². The second-order valence-electron chi connectivity index (χ2n) is 4.85. The van der Waals surface area contributed by atoms with Gasteiger partial charge in [-0.3, -0.25) is 14.9 Å². The number of hydrogen-bond acceptors (Lipinski definition) is 5. The first-order valence-electron chi connectivity index (χ1n) is 6.47. The fourth-order valence-corrected chi connectivity index (χ4v) is 2.19. The zero-order chi connectivity index (χ0) is 14.7. The zero-order valence-corrected chi connectivity index (χ0v) is 11.2. The van der Waals surface area contributed by atoms with Crippen molar-refractivity contribution in [1.29, 1.82) is 5.26 Å². The van der Waals surface area contributed by atoms with Gasteiger partial charge in [-0.2, -0.15) is 5.26 Å². The lowest BCUT2D eigenvalue weighted by Gasteiger charge is -2.23. The molecule has 2 rings (SSSR count). The molecule has 0 amide bonds. The van der Waals surface area contributed by atoms with Crippen LogP contribution in [0.3, 0.4) is 0 Å². The van der Waals surface area contributed by atoms with E-state index in [1.807, 2.05) is 4.90 Å².